The first-order valence-electron chi connectivity index (χ1n) is 7.04. The van der Waals surface area contributed by atoms with Crippen LogP contribution in [0.1, 0.15) is 18.4 Å². The molecule has 1 aliphatic carbocycles. The van der Waals surface area contributed by atoms with Crippen LogP contribution in [-0.4, -0.2) is 45.2 Å². The van der Waals surface area contributed by atoms with E-state index in [1.54, 1.807) is 11.9 Å². The molecule has 1 saturated carbocycles. The quantitative estimate of drug-likeness (QED) is 0.828. The lowest BCUT2D eigenvalue weighted by Crippen LogP contribution is -2.29. The van der Waals surface area contributed by atoms with E-state index >= 15 is 0 Å². The van der Waals surface area contributed by atoms with E-state index in [4.69, 9.17) is 0 Å². The molecule has 0 radical (unpaired) electrons. The van der Waals surface area contributed by atoms with Gasteiger partial charge >= 0.3 is 0 Å². The summed E-state index contributed by atoms with van der Waals surface area (Å²) >= 11 is 0. The third-order valence-electron chi connectivity index (χ3n) is 3.51. The van der Waals surface area contributed by atoms with E-state index in [1.807, 2.05) is 19.0 Å². The molecule has 20 heavy (non-hydrogen) atoms. The highest BCUT2D eigenvalue weighted by Gasteiger charge is 2.21. The molecule has 0 spiro atoms. The first-order valence-corrected chi connectivity index (χ1v) is 7.04. The van der Waals surface area contributed by atoms with Crippen molar-refractivity contribution in [2.24, 2.45) is 0 Å². The van der Waals surface area contributed by atoms with Gasteiger partial charge in [-0.2, -0.15) is 0 Å². The molecule has 0 atom stereocenters. The second kappa shape index (κ2) is 6.50. The van der Waals surface area contributed by atoms with Crippen molar-refractivity contribution >= 4 is 5.69 Å². The van der Waals surface area contributed by atoms with Gasteiger partial charge in [0.05, 0.1) is 0 Å². The molecular formula is C15H23F2N3. The summed E-state index contributed by atoms with van der Waals surface area (Å²) in [6, 6.07) is 3.39. The summed E-state index contributed by atoms with van der Waals surface area (Å²) < 4.78 is 28.2. The lowest BCUT2D eigenvalue weighted by atomic mass is 10.1. The van der Waals surface area contributed by atoms with Gasteiger partial charge in [0.15, 0.2) is 0 Å². The molecule has 0 unspecified atom stereocenters. The standard InChI is InChI=1S/C15H23F2N3/c1-19(2)6-7-20(3)15-13(16)8-11(9-14(15)17)10-18-12-4-5-12/h8-9,12,18H,4-7,10H2,1-3H3. The molecular weight excluding hydrogens is 260 g/mol. The van der Waals surface area contributed by atoms with Gasteiger partial charge in [-0.3, -0.25) is 0 Å². The number of anilines is 1. The number of benzene rings is 1. The summed E-state index contributed by atoms with van der Waals surface area (Å²) in [6.07, 6.45) is 2.33. The number of likely N-dealkylation sites (N-methyl/N-ethyl adjacent to an activating group) is 2. The fourth-order valence-corrected chi connectivity index (χ4v) is 2.10. The van der Waals surface area contributed by atoms with Crippen LogP contribution in [0.4, 0.5) is 14.5 Å². The molecule has 0 saturated heterocycles. The van der Waals surface area contributed by atoms with E-state index in [-0.39, 0.29) is 5.69 Å². The average Bonchev–Trinajstić information content (AvgIpc) is 3.17. The molecule has 1 aromatic rings. The summed E-state index contributed by atoms with van der Waals surface area (Å²) in [5, 5.41) is 3.26. The minimum atomic E-state index is -0.487. The normalized spacial score (nSPS) is 14.9. The molecule has 2 rings (SSSR count). The zero-order chi connectivity index (χ0) is 14.7. The van der Waals surface area contributed by atoms with Gasteiger partial charge in [-0.15, -0.1) is 0 Å². The SMILES string of the molecule is CN(C)CCN(C)c1c(F)cc(CNC2CC2)cc1F. The van der Waals surface area contributed by atoms with Gasteiger partial charge < -0.3 is 15.1 Å². The number of nitrogens with zero attached hydrogens (tertiary/aromatic N) is 2. The molecule has 1 N–H and O–H groups in total. The molecule has 112 valence electrons. The second-order valence-corrected chi connectivity index (χ2v) is 5.79. The minimum absolute atomic E-state index is 0.0574. The predicted molar refractivity (Wildman–Crippen MR) is 78.0 cm³/mol. The van der Waals surface area contributed by atoms with Crippen molar-refractivity contribution in [3.05, 3.63) is 29.3 Å². The van der Waals surface area contributed by atoms with Crippen LogP contribution in [0.25, 0.3) is 0 Å². The number of hydrogen-bond acceptors (Lipinski definition) is 3. The van der Waals surface area contributed by atoms with E-state index < -0.39 is 11.6 Å². The molecule has 1 aromatic carbocycles. The van der Waals surface area contributed by atoms with Crippen LogP contribution >= 0.6 is 0 Å². The lowest BCUT2D eigenvalue weighted by molar-refractivity contribution is 0.414. The Kier molecular flexibility index (Phi) is 4.94. The first-order chi connectivity index (χ1) is 9.47. The zero-order valence-corrected chi connectivity index (χ0v) is 12.4. The first kappa shape index (κ1) is 15.2. The Morgan fingerprint density at radius 2 is 1.70 bits per heavy atom. The third-order valence-corrected chi connectivity index (χ3v) is 3.51. The van der Waals surface area contributed by atoms with Crippen molar-refractivity contribution in [3.8, 4) is 0 Å². The molecule has 0 bridgehead atoms. The largest absolute Gasteiger partial charge is 0.369 e. The molecule has 5 heteroatoms. The number of halogens is 2. The summed E-state index contributed by atoms with van der Waals surface area (Å²) in [7, 11) is 5.59. The van der Waals surface area contributed by atoms with Crippen LogP contribution < -0.4 is 10.2 Å². The van der Waals surface area contributed by atoms with Crippen molar-refractivity contribution < 1.29 is 8.78 Å². The number of hydrogen-bond donors (Lipinski definition) is 1. The Morgan fingerprint density at radius 1 is 1.10 bits per heavy atom. The highest BCUT2D eigenvalue weighted by atomic mass is 19.1. The smallest absolute Gasteiger partial charge is 0.149 e. The second-order valence-electron chi connectivity index (χ2n) is 5.79. The summed E-state index contributed by atoms with van der Waals surface area (Å²) in [5.41, 5.74) is 0.721. The molecule has 0 aromatic heterocycles. The van der Waals surface area contributed by atoms with Gasteiger partial charge in [-0.25, -0.2) is 8.78 Å². The molecule has 0 heterocycles. The van der Waals surface area contributed by atoms with Crippen LogP contribution in [-0.2, 0) is 6.54 Å². The van der Waals surface area contributed by atoms with Crippen molar-refractivity contribution in [2.75, 3.05) is 39.1 Å². The lowest BCUT2D eigenvalue weighted by Gasteiger charge is -2.23. The Labute approximate surface area is 119 Å². The summed E-state index contributed by atoms with van der Waals surface area (Å²) in [6.45, 7) is 1.86. The van der Waals surface area contributed by atoms with Gasteiger partial charge in [-0.05, 0) is 44.6 Å². The molecule has 0 amide bonds. The maximum Gasteiger partial charge on any atom is 0.149 e. The van der Waals surface area contributed by atoms with Crippen LogP contribution in [0.5, 0.6) is 0 Å². The monoisotopic (exact) mass is 283 g/mol. The summed E-state index contributed by atoms with van der Waals surface area (Å²) in [4.78, 5) is 3.61. The van der Waals surface area contributed by atoms with Crippen molar-refractivity contribution in [3.63, 3.8) is 0 Å². The molecule has 1 fully saturated rings. The van der Waals surface area contributed by atoms with Gasteiger partial charge in [0, 0.05) is 32.7 Å². The maximum absolute atomic E-state index is 14.1. The third kappa shape index (κ3) is 4.15. The molecule has 3 nitrogen and oxygen atoms in total. The van der Waals surface area contributed by atoms with Crippen LogP contribution in [0.2, 0.25) is 0 Å². The van der Waals surface area contributed by atoms with Crippen LogP contribution in [0.3, 0.4) is 0 Å². The topological polar surface area (TPSA) is 18.5 Å². The summed E-state index contributed by atoms with van der Waals surface area (Å²) in [5.74, 6) is -0.974. The van der Waals surface area contributed by atoms with E-state index in [0.29, 0.717) is 24.7 Å². The van der Waals surface area contributed by atoms with E-state index in [0.717, 1.165) is 19.4 Å². The van der Waals surface area contributed by atoms with Crippen LogP contribution in [0.15, 0.2) is 12.1 Å². The van der Waals surface area contributed by atoms with Gasteiger partial charge in [-0.1, -0.05) is 0 Å². The van der Waals surface area contributed by atoms with Crippen molar-refractivity contribution in [1.82, 2.24) is 10.2 Å². The van der Waals surface area contributed by atoms with Crippen molar-refractivity contribution in [2.45, 2.75) is 25.4 Å². The van der Waals surface area contributed by atoms with Gasteiger partial charge in [0.1, 0.15) is 17.3 Å². The highest BCUT2D eigenvalue weighted by molar-refractivity contribution is 5.50. The highest BCUT2D eigenvalue weighted by Crippen LogP contribution is 2.25. The fourth-order valence-electron chi connectivity index (χ4n) is 2.10. The Morgan fingerprint density at radius 3 is 2.20 bits per heavy atom. The Bertz CT molecular complexity index is 435. The van der Waals surface area contributed by atoms with E-state index in [2.05, 4.69) is 5.32 Å². The van der Waals surface area contributed by atoms with E-state index in [9.17, 15) is 8.78 Å². The van der Waals surface area contributed by atoms with E-state index in [1.165, 1.54) is 12.1 Å². The maximum atomic E-state index is 14.1. The van der Waals surface area contributed by atoms with Gasteiger partial charge in [0.2, 0.25) is 0 Å². The predicted octanol–water partition coefficient (Wildman–Crippen LogP) is 2.21. The average molecular weight is 283 g/mol. The Hall–Kier alpha value is -1.20. The minimum Gasteiger partial charge on any atom is -0.369 e. The van der Waals surface area contributed by atoms with Gasteiger partial charge in [0.25, 0.3) is 0 Å². The van der Waals surface area contributed by atoms with Crippen LogP contribution in [0, 0.1) is 11.6 Å². The number of rotatable bonds is 7. The number of nitrogens with one attached hydrogen (secondary N) is 1. The molecule has 1 aliphatic rings. The Balaban J connectivity index is 2.04. The van der Waals surface area contributed by atoms with Crippen molar-refractivity contribution in [1.29, 1.82) is 0 Å². The zero-order valence-electron chi connectivity index (χ0n) is 12.4. The molecule has 0 aliphatic heterocycles. The fraction of sp³-hybridized carbons (Fsp3) is 0.600.